The summed E-state index contributed by atoms with van der Waals surface area (Å²) in [6.07, 6.45) is 0.309. The second-order valence-electron chi connectivity index (χ2n) is 4.58. The van der Waals surface area contributed by atoms with Crippen LogP contribution in [-0.4, -0.2) is 22.0 Å². The van der Waals surface area contributed by atoms with Crippen molar-refractivity contribution in [2.75, 3.05) is 5.32 Å². The molecule has 0 bridgehead atoms. The molecule has 104 valence electrons. The fraction of sp³-hybridized carbons (Fsp3) is 0.417. The summed E-state index contributed by atoms with van der Waals surface area (Å²) >= 11 is 0. The molecule has 0 unspecified atom stereocenters. The molecule has 0 aliphatic rings. The topological polar surface area (TPSA) is 92.5 Å². The van der Waals surface area contributed by atoms with E-state index in [1.807, 2.05) is 13.8 Å². The molecule has 2 N–H and O–H groups in total. The summed E-state index contributed by atoms with van der Waals surface area (Å²) in [5.41, 5.74) is -0.477. The van der Waals surface area contributed by atoms with E-state index < -0.39 is 28.4 Å². The van der Waals surface area contributed by atoms with Crippen LogP contribution < -0.4 is 5.32 Å². The van der Waals surface area contributed by atoms with Crippen LogP contribution in [0.15, 0.2) is 18.2 Å². The lowest BCUT2D eigenvalue weighted by atomic mass is 10.0. The third-order valence-corrected chi connectivity index (χ3v) is 2.49. The van der Waals surface area contributed by atoms with Crippen LogP contribution >= 0.6 is 0 Å². The molecular formula is C12H15FN2O4. The monoisotopic (exact) mass is 270 g/mol. The number of carbonyl (C=O) groups is 1. The van der Waals surface area contributed by atoms with Crippen molar-refractivity contribution in [1.29, 1.82) is 0 Å². The van der Waals surface area contributed by atoms with Crippen LogP contribution in [0.5, 0.6) is 0 Å². The molecule has 1 atom stereocenters. The lowest BCUT2D eigenvalue weighted by molar-refractivity contribution is -0.384. The number of benzene rings is 1. The van der Waals surface area contributed by atoms with Crippen LogP contribution in [0, 0.1) is 21.8 Å². The van der Waals surface area contributed by atoms with Gasteiger partial charge < -0.3 is 10.4 Å². The molecule has 0 amide bonds. The highest BCUT2D eigenvalue weighted by atomic mass is 19.1. The Labute approximate surface area is 109 Å². The highest BCUT2D eigenvalue weighted by Crippen LogP contribution is 2.26. The fourth-order valence-corrected chi connectivity index (χ4v) is 1.66. The molecule has 0 aliphatic heterocycles. The number of aliphatic carboxylic acids is 1. The summed E-state index contributed by atoms with van der Waals surface area (Å²) < 4.78 is 13.0. The molecule has 0 aromatic heterocycles. The van der Waals surface area contributed by atoms with E-state index in [-0.39, 0.29) is 11.6 Å². The number of rotatable bonds is 6. The van der Waals surface area contributed by atoms with Crippen LogP contribution in [0.1, 0.15) is 20.3 Å². The van der Waals surface area contributed by atoms with Gasteiger partial charge in [-0.2, -0.15) is 0 Å². The van der Waals surface area contributed by atoms with Crippen LogP contribution in [0.2, 0.25) is 0 Å². The molecule has 1 rings (SSSR count). The van der Waals surface area contributed by atoms with Gasteiger partial charge >= 0.3 is 5.97 Å². The molecular weight excluding hydrogens is 255 g/mol. The molecule has 7 heteroatoms. The lowest BCUT2D eigenvalue weighted by Crippen LogP contribution is -2.31. The zero-order valence-electron chi connectivity index (χ0n) is 10.6. The Hall–Kier alpha value is -2.18. The summed E-state index contributed by atoms with van der Waals surface area (Å²) in [7, 11) is 0. The largest absolute Gasteiger partial charge is 0.480 e. The van der Waals surface area contributed by atoms with Gasteiger partial charge in [0, 0.05) is 0 Å². The number of halogens is 1. The lowest BCUT2D eigenvalue weighted by Gasteiger charge is -2.17. The summed E-state index contributed by atoms with van der Waals surface area (Å²) in [6.45, 7) is 3.69. The van der Waals surface area contributed by atoms with Crippen molar-refractivity contribution in [3.63, 3.8) is 0 Å². The molecule has 0 saturated heterocycles. The van der Waals surface area contributed by atoms with Crippen molar-refractivity contribution < 1.29 is 19.2 Å². The van der Waals surface area contributed by atoms with E-state index in [4.69, 9.17) is 5.11 Å². The predicted molar refractivity (Wildman–Crippen MR) is 67.6 cm³/mol. The Morgan fingerprint density at radius 3 is 2.63 bits per heavy atom. The van der Waals surface area contributed by atoms with Crippen molar-refractivity contribution in [3.8, 4) is 0 Å². The summed E-state index contributed by atoms with van der Waals surface area (Å²) in [5.74, 6) is -1.74. The van der Waals surface area contributed by atoms with Gasteiger partial charge in [0.1, 0.15) is 17.5 Å². The summed E-state index contributed by atoms with van der Waals surface area (Å²) in [6, 6.07) is 2.02. The van der Waals surface area contributed by atoms with E-state index in [1.165, 1.54) is 6.07 Å². The molecule has 6 nitrogen and oxygen atoms in total. The van der Waals surface area contributed by atoms with E-state index in [2.05, 4.69) is 5.32 Å². The molecule has 0 spiro atoms. The van der Waals surface area contributed by atoms with Crippen LogP contribution in [-0.2, 0) is 4.79 Å². The first kappa shape index (κ1) is 14.9. The molecule has 0 aliphatic carbocycles. The number of nitrogens with one attached hydrogen (secondary N) is 1. The molecule has 1 aromatic carbocycles. The van der Waals surface area contributed by atoms with Gasteiger partial charge in [0.05, 0.1) is 11.0 Å². The van der Waals surface area contributed by atoms with Gasteiger partial charge in [0.2, 0.25) is 0 Å². The highest BCUT2D eigenvalue weighted by Gasteiger charge is 2.23. The molecule has 0 heterocycles. The van der Waals surface area contributed by atoms with E-state index in [9.17, 15) is 19.3 Å². The number of hydrogen-bond acceptors (Lipinski definition) is 4. The first-order valence-electron chi connectivity index (χ1n) is 5.74. The zero-order valence-corrected chi connectivity index (χ0v) is 10.6. The van der Waals surface area contributed by atoms with Gasteiger partial charge in [0.15, 0.2) is 0 Å². The van der Waals surface area contributed by atoms with Gasteiger partial charge in [-0.05, 0) is 24.5 Å². The predicted octanol–water partition coefficient (Wildman–Crippen LogP) is 2.65. The number of anilines is 1. The first-order valence-corrected chi connectivity index (χ1v) is 5.74. The van der Waals surface area contributed by atoms with Crippen molar-refractivity contribution in [3.05, 3.63) is 34.1 Å². The minimum absolute atomic E-state index is 0.000509. The minimum atomic E-state index is -1.10. The summed E-state index contributed by atoms with van der Waals surface area (Å²) in [4.78, 5) is 21.1. The first-order chi connectivity index (χ1) is 8.81. The smallest absolute Gasteiger partial charge is 0.326 e. The fourth-order valence-electron chi connectivity index (χ4n) is 1.66. The maximum absolute atomic E-state index is 13.0. The van der Waals surface area contributed by atoms with Crippen molar-refractivity contribution in [2.45, 2.75) is 26.3 Å². The normalized spacial score (nSPS) is 12.2. The Morgan fingerprint density at radius 2 is 2.16 bits per heavy atom. The van der Waals surface area contributed by atoms with Crippen molar-refractivity contribution in [1.82, 2.24) is 0 Å². The van der Waals surface area contributed by atoms with Crippen LogP contribution in [0.3, 0.4) is 0 Å². The Morgan fingerprint density at radius 1 is 1.53 bits per heavy atom. The third kappa shape index (κ3) is 4.20. The number of nitrogens with zero attached hydrogens (tertiary/aromatic N) is 1. The SMILES string of the molecule is CC(C)C[C@H](Nc1ccc(F)cc1[N+](=O)[O-])C(=O)O. The zero-order chi connectivity index (χ0) is 14.6. The number of carboxylic acids is 1. The van der Waals surface area contributed by atoms with Gasteiger partial charge in [-0.1, -0.05) is 13.8 Å². The summed E-state index contributed by atoms with van der Waals surface area (Å²) in [5, 5.41) is 22.4. The minimum Gasteiger partial charge on any atom is -0.480 e. The van der Waals surface area contributed by atoms with Crippen LogP contribution in [0.25, 0.3) is 0 Å². The number of hydrogen-bond donors (Lipinski definition) is 2. The van der Waals surface area contributed by atoms with E-state index in [0.29, 0.717) is 6.42 Å². The number of nitro benzene ring substituents is 1. The maximum Gasteiger partial charge on any atom is 0.326 e. The highest BCUT2D eigenvalue weighted by molar-refractivity contribution is 5.79. The molecule has 0 radical (unpaired) electrons. The Bertz CT molecular complexity index is 491. The molecule has 0 saturated carbocycles. The van der Waals surface area contributed by atoms with Gasteiger partial charge in [0.25, 0.3) is 5.69 Å². The van der Waals surface area contributed by atoms with Crippen molar-refractivity contribution in [2.24, 2.45) is 5.92 Å². The molecule has 1 aromatic rings. The Balaban J connectivity index is 3.02. The van der Waals surface area contributed by atoms with Crippen LogP contribution in [0.4, 0.5) is 15.8 Å². The molecule has 19 heavy (non-hydrogen) atoms. The second kappa shape index (κ2) is 6.12. The third-order valence-electron chi connectivity index (χ3n) is 2.49. The number of nitro groups is 1. The number of carboxylic acid groups (broad SMARTS) is 1. The average Bonchev–Trinajstić information content (AvgIpc) is 2.29. The maximum atomic E-state index is 13.0. The second-order valence-corrected chi connectivity index (χ2v) is 4.58. The quantitative estimate of drug-likeness (QED) is 0.612. The Kier molecular flexibility index (Phi) is 4.80. The molecule has 0 fully saturated rings. The van der Waals surface area contributed by atoms with Crippen molar-refractivity contribution >= 4 is 17.3 Å². The van der Waals surface area contributed by atoms with E-state index in [1.54, 1.807) is 0 Å². The standard InChI is InChI=1S/C12H15FN2O4/c1-7(2)5-10(12(16)17)14-9-4-3-8(13)6-11(9)15(18)19/h3-4,6-7,10,14H,5H2,1-2H3,(H,16,17)/t10-/m0/s1. The van der Waals surface area contributed by atoms with Gasteiger partial charge in [-0.3, -0.25) is 10.1 Å². The van der Waals surface area contributed by atoms with E-state index in [0.717, 1.165) is 12.1 Å². The van der Waals surface area contributed by atoms with E-state index >= 15 is 0 Å². The van der Waals surface area contributed by atoms with Gasteiger partial charge in [-0.15, -0.1) is 0 Å². The van der Waals surface area contributed by atoms with Gasteiger partial charge in [-0.25, -0.2) is 9.18 Å². The average molecular weight is 270 g/mol.